The van der Waals surface area contributed by atoms with Gasteiger partial charge in [-0.15, -0.1) is 0 Å². The van der Waals surface area contributed by atoms with Gasteiger partial charge < -0.3 is 5.11 Å². The standard InChI is InChI=1S/C15H26O2/c1-11-6-7-13(14(3,4)8-9-16)10-15(11,5)12(2)17/h7,11,16H,6,8-10H2,1-5H3/t11-,15-/m0/s1. The number of rotatable bonds is 4. The van der Waals surface area contributed by atoms with E-state index in [4.69, 9.17) is 5.11 Å². The number of hydrogen-bond acceptors (Lipinski definition) is 2. The van der Waals surface area contributed by atoms with Crippen molar-refractivity contribution in [2.24, 2.45) is 16.7 Å². The SMILES string of the molecule is CC(=O)[C@@]1(C)CC(C(C)(C)CCO)=CC[C@@H]1C. The van der Waals surface area contributed by atoms with Crippen LogP contribution in [0.15, 0.2) is 11.6 Å². The van der Waals surface area contributed by atoms with E-state index in [2.05, 4.69) is 33.8 Å². The van der Waals surface area contributed by atoms with Crippen LogP contribution in [-0.2, 0) is 4.79 Å². The summed E-state index contributed by atoms with van der Waals surface area (Å²) >= 11 is 0. The Morgan fingerprint density at radius 3 is 2.65 bits per heavy atom. The largest absolute Gasteiger partial charge is 0.396 e. The van der Waals surface area contributed by atoms with Crippen LogP contribution >= 0.6 is 0 Å². The molecule has 0 aromatic rings. The quantitative estimate of drug-likeness (QED) is 0.763. The molecule has 2 heteroatoms. The van der Waals surface area contributed by atoms with Crippen molar-refractivity contribution in [3.8, 4) is 0 Å². The molecule has 0 amide bonds. The molecule has 0 bridgehead atoms. The van der Waals surface area contributed by atoms with E-state index in [0.717, 1.165) is 19.3 Å². The summed E-state index contributed by atoms with van der Waals surface area (Å²) in [4.78, 5) is 11.9. The molecule has 1 aliphatic rings. The third-order valence-electron chi connectivity index (χ3n) is 4.77. The summed E-state index contributed by atoms with van der Waals surface area (Å²) in [6.45, 7) is 10.5. The molecular formula is C15H26O2. The first-order valence-electron chi connectivity index (χ1n) is 6.55. The van der Waals surface area contributed by atoms with Gasteiger partial charge in [0.05, 0.1) is 0 Å². The van der Waals surface area contributed by atoms with Crippen LogP contribution in [0.25, 0.3) is 0 Å². The number of allylic oxidation sites excluding steroid dienone is 2. The van der Waals surface area contributed by atoms with Crippen LogP contribution in [-0.4, -0.2) is 17.5 Å². The van der Waals surface area contributed by atoms with Crippen LogP contribution in [0.4, 0.5) is 0 Å². The van der Waals surface area contributed by atoms with Gasteiger partial charge in [-0.2, -0.15) is 0 Å². The summed E-state index contributed by atoms with van der Waals surface area (Å²) in [7, 11) is 0. The van der Waals surface area contributed by atoms with Crippen molar-refractivity contribution in [3.63, 3.8) is 0 Å². The number of ketones is 1. The second-order valence-corrected chi connectivity index (χ2v) is 6.37. The molecule has 17 heavy (non-hydrogen) atoms. The van der Waals surface area contributed by atoms with Crippen LogP contribution in [0.3, 0.4) is 0 Å². The molecule has 0 heterocycles. The van der Waals surface area contributed by atoms with Crippen molar-refractivity contribution in [1.82, 2.24) is 0 Å². The fourth-order valence-corrected chi connectivity index (χ4v) is 2.65. The Hall–Kier alpha value is -0.630. The zero-order valence-corrected chi connectivity index (χ0v) is 11.8. The van der Waals surface area contributed by atoms with Crippen LogP contribution in [0, 0.1) is 16.7 Å². The van der Waals surface area contributed by atoms with Crippen molar-refractivity contribution in [1.29, 1.82) is 0 Å². The van der Waals surface area contributed by atoms with E-state index in [0.29, 0.717) is 5.92 Å². The minimum atomic E-state index is -0.225. The van der Waals surface area contributed by atoms with E-state index in [-0.39, 0.29) is 23.2 Å². The van der Waals surface area contributed by atoms with Crippen LogP contribution < -0.4 is 0 Å². The molecule has 0 spiro atoms. The first-order chi connectivity index (χ1) is 7.74. The van der Waals surface area contributed by atoms with Crippen molar-refractivity contribution in [2.75, 3.05) is 6.61 Å². The minimum absolute atomic E-state index is 0.00556. The maximum Gasteiger partial charge on any atom is 0.136 e. The average Bonchev–Trinajstić information content (AvgIpc) is 2.21. The first kappa shape index (κ1) is 14.4. The maximum atomic E-state index is 11.9. The molecule has 2 nitrogen and oxygen atoms in total. The summed E-state index contributed by atoms with van der Waals surface area (Å²) in [5.41, 5.74) is 1.12. The molecule has 0 radical (unpaired) electrons. The fraction of sp³-hybridized carbons (Fsp3) is 0.800. The molecular weight excluding hydrogens is 212 g/mol. The summed E-state index contributed by atoms with van der Waals surface area (Å²) in [5.74, 6) is 0.698. The second kappa shape index (κ2) is 4.93. The Bertz CT molecular complexity index is 328. The van der Waals surface area contributed by atoms with Gasteiger partial charge in [0.1, 0.15) is 5.78 Å². The molecule has 0 fully saturated rings. The van der Waals surface area contributed by atoms with E-state index >= 15 is 0 Å². The Kier molecular flexibility index (Phi) is 4.19. The first-order valence-corrected chi connectivity index (χ1v) is 6.55. The van der Waals surface area contributed by atoms with Gasteiger partial charge in [-0.1, -0.05) is 39.3 Å². The van der Waals surface area contributed by atoms with E-state index in [1.165, 1.54) is 5.57 Å². The van der Waals surface area contributed by atoms with Gasteiger partial charge in [-0.25, -0.2) is 0 Å². The van der Waals surface area contributed by atoms with Crippen LogP contribution in [0.1, 0.15) is 53.9 Å². The monoisotopic (exact) mass is 238 g/mol. The Labute approximate surface area is 105 Å². The Morgan fingerprint density at radius 2 is 2.18 bits per heavy atom. The summed E-state index contributed by atoms with van der Waals surface area (Å²) < 4.78 is 0. The number of carbonyl (C=O) groups is 1. The summed E-state index contributed by atoms with van der Waals surface area (Å²) in [6.07, 6.45) is 4.86. The molecule has 1 rings (SSSR count). The van der Waals surface area contributed by atoms with Crippen LogP contribution in [0.2, 0.25) is 0 Å². The van der Waals surface area contributed by atoms with Gasteiger partial charge in [-0.3, -0.25) is 4.79 Å². The van der Waals surface area contributed by atoms with Crippen molar-refractivity contribution >= 4 is 5.78 Å². The smallest absolute Gasteiger partial charge is 0.136 e. The number of Topliss-reactive ketones (excluding diaryl/α,β-unsaturated/α-hetero) is 1. The molecule has 0 saturated heterocycles. The van der Waals surface area contributed by atoms with E-state index in [1.54, 1.807) is 6.92 Å². The normalized spacial score (nSPS) is 30.0. The van der Waals surface area contributed by atoms with E-state index in [9.17, 15) is 4.79 Å². The van der Waals surface area contributed by atoms with E-state index < -0.39 is 0 Å². The molecule has 0 aliphatic heterocycles. The molecule has 0 unspecified atom stereocenters. The van der Waals surface area contributed by atoms with Gasteiger partial charge in [-0.05, 0) is 37.5 Å². The topological polar surface area (TPSA) is 37.3 Å². The number of aliphatic hydroxyl groups is 1. The molecule has 2 atom stereocenters. The van der Waals surface area contributed by atoms with Crippen molar-refractivity contribution in [3.05, 3.63) is 11.6 Å². The lowest BCUT2D eigenvalue weighted by atomic mass is 9.62. The highest BCUT2D eigenvalue weighted by atomic mass is 16.3. The fourth-order valence-electron chi connectivity index (χ4n) is 2.65. The lowest BCUT2D eigenvalue weighted by molar-refractivity contribution is -0.128. The van der Waals surface area contributed by atoms with Gasteiger partial charge >= 0.3 is 0 Å². The Balaban J connectivity index is 2.96. The maximum absolute atomic E-state index is 11.9. The van der Waals surface area contributed by atoms with Gasteiger partial charge in [0, 0.05) is 12.0 Å². The van der Waals surface area contributed by atoms with Gasteiger partial charge in [0.2, 0.25) is 0 Å². The predicted molar refractivity (Wildman–Crippen MR) is 70.8 cm³/mol. The number of carbonyl (C=O) groups excluding carboxylic acids is 1. The summed E-state index contributed by atoms with van der Waals surface area (Å²) in [5, 5.41) is 9.13. The highest BCUT2D eigenvalue weighted by Gasteiger charge is 2.41. The minimum Gasteiger partial charge on any atom is -0.396 e. The van der Waals surface area contributed by atoms with Gasteiger partial charge in [0.15, 0.2) is 0 Å². The highest BCUT2D eigenvalue weighted by Crippen LogP contribution is 2.47. The molecule has 1 N–H and O–H groups in total. The van der Waals surface area contributed by atoms with E-state index in [1.807, 2.05) is 0 Å². The second-order valence-electron chi connectivity index (χ2n) is 6.37. The Morgan fingerprint density at radius 1 is 1.59 bits per heavy atom. The summed E-state index contributed by atoms with van der Waals surface area (Å²) in [6, 6.07) is 0. The lowest BCUT2D eigenvalue weighted by Crippen LogP contribution is -2.38. The number of hydrogen-bond donors (Lipinski definition) is 1. The molecule has 0 saturated carbocycles. The third-order valence-corrected chi connectivity index (χ3v) is 4.77. The average molecular weight is 238 g/mol. The third kappa shape index (κ3) is 2.79. The van der Waals surface area contributed by atoms with Gasteiger partial charge in [0.25, 0.3) is 0 Å². The van der Waals surface area contributed by atoms with Crippen LogP contribution in [0.5, 0.6) is 0 Å². The zero-order chi connectivity index (χ0) is 13.3. The predicted octanol–water partition coefficient (Wildman–Crippen LogP) is 3.35. The van der Waals surface area contributed by atoms with Crippen molar-refractivity contribution in [2.45, 2.75) is 53.9 Å². The highest BCUT2D eigenvalue weighted by molar-refractivity contribution is 5.82. The molecule has 0 aromatic heterocycles. The number of aliphatic hydroxyl groups excluding tert-OH is 1. The molecule has 1 aliphatic carbocycles. The zero-order valence-electron chi connectivity index (χ0n) is 11.8. The van der Waals surface area contributed by atoms with Crippen molar-refractivity contribution < 1.29 is 9.90 Å². The molecule has 98 valence electrons. The molecule has 0 aromatic carbocycles. The lowest BCUT2D eigenvalue weighted by Gasteiger charge is -2.42.